The van der Waals surface area contributed by atoms with Crippen LogP contribution in [0.3, 0.4) is 0 Å². The number of ketones is 1. The second-order valence-electron chi connectivity index (χ2n) is 6.22. The Bertz CT molecular complexity index is 854. The van der Waals surface area contributed by atoms with Crippen molar-refractivity contribution in [2.75, 3.05) is 25.4 Å². The second-order valence-corrected chi connectivity index (χ2v) is 6.59. The molecule has 0 aromatic carbocycles. The summed E-state index contributed by atoms with van der Waals surface area (Å²) < 4.78 is 0. The van der Waals surface area contributed by atoms with E-state index in [9.17, 15) is 38.7 Å². The number of carboxylic acid groups (broad SMARTS) is 1. The van der Waals surface area contributed by atoms with Crippen LogP contribution in [0.25, 0.3) is 0 Å². The van der Waals surface area contributed by atoms with Gasteiger partial charge in [-0.2, -0.15) is 12.6 Å². The summed E-state index contributed by atoms with van der Waals surface area (Å²) in [6, 6.07) is -4.29. The van der Waals surface area contributed by atoms with Crippen molar-refractivity contribution >= 4 is 53.9 Å². The van der Waals surface area contributed by atoms with Crippen LogP contribution in [0.5, 0.6) is 0 Å². The lowest BCUT2D eigenvalue weighted by Gasteiger charge is -2.22. The molecule has 0 unspecified atom stereocenters. The molecular formula is C17H24N6O9S. The highest BCUT2D eigenvalue weighted by Gasteiger charge is 2.29. The van der Waals surface area contributed by atoms with E-state index >= 15 is 0 Å². The summed E-state index contributed by atoms with van der Waals surface area (Å²) in [7, 11) is 0. The van der Waals surface area contributed by atoms with Gasteiger partial charge in [-0.05, 0) is 5.92 Å². The van der Waals surface area contributed by atoms with Gasteiger partial charge >= 0.3 is 5.97 Å². The summed E-state index contributed by atoms with van der Waals surface area (Å²) in [5, 5.41) is 26.6. The van der Waals surface area contributed by atoms with Crippen LogP contribution in [-0.2, 0) is 33.6 Å². The van der Waals surface area contributed by atoms with E-state index in [1.165, 1.54) is 0 Å². The lowest BCUT2D eigenvalue weighted by Crippen LogP contribution is -2.57. The minimum Gasteiger partial charge on any atom is -0.481 e. The maximum Gasteiger partial charge on any atom is 0.305 e. The van der Waals surface area contributed by atoms with E-state index in [1.54, 1.807) is 5.92 Å². The molecule has 0 aliphatic rings. The van der Waals surface area contributed by atoms with Gasteiger partial charge in [0, 0.05) is 11.7 Å². The van der Waals surface area contributed by atoms with E-state index in [4.69, 9.17) is 16.6 Å². The average molecular weight is 488 g/mol. The van der Waals surface area contributed by atoms with Gasteiger partial charge in [0.15, 0.2) is 0 Å². The highest BCUT2D eigenvalue weighted by molar-refractivity contribution is 7.80. The van der Waals surface area contributed by atoms with Crippen LogP contribution in [0.15, 0.2) is 0 Å². The molecular weight excluding hydrogens is 464 g/mol. The lowest BCUT2D eigenvalue weighted by molar-refractivity contribution is -0.141. The monoisotopic (exact) mass is 488 g/mol. The number of hydrogen-bond donors (Lipinski definition) is 9. The van der Waals surface area contributed by atoms with E-state index in [1.807, 2.05) is 11.2 Å². The molecule has 10 N–H and O–H groups in total. The minimum absolute atomic E-state index is 0.0545. The Morgan fingerprint density at radius 2 is 1.48 bits per heavy atom. The van der Waals surface area contributed by atoms with Crippen molar-refractivity contribution in [3.63, 3.8) is 0 Å². The Hall–Kier alpha value is -3.68. The van der Waals surface area contributed by atoms with Gasteiger partial charge in [-0.3, -0.25) is 33.6 Å². The summed E-state index contributed by atoms with van der Waals surface area (Å²) in [6.45, 7) is -2.16. The third-order valence-corrected chi connectivity index (χ3v) is 3.95. The zero-order valence-electron chi connectivity index (χ0n) is 17.1. The molecule has 0 aromatic heterocycles. The standard InChI is InChI=1S/C17H24N6O9S/c18-9(7-33)15(30)23-11(6-24)17(32)22-10(3-14(28)29)16(31)21-5-13(27)20-4-8(25)1-2-12(19)26/h9-11,24,33H,3-7,18H2,(H2,19,26)(H,20,27)(H,21,31)(H,22,32)(H,23,30)(H,28,29)/t9-,10-,11-/m0/s1. The first-order valence-electron chi connectivity index (χ1n) is 9.09. The van der Waals surface area contributed by atoms with Crippen LogP contribution in [0.2, 0.25) is 0 Å². The number of nitrogens with two attached hydrogens (primary N) is 2. The van der Waals surface area contributed by atoms with Crippen LogP contribution >= 0.6 is 12.6 Å². The number of amides is 5. The van der Waals surface area contributed by atoms with Crippen LogP contribution in [0, 0.1) is 11.8 Å². The molecule has 0 aromatic rings. The zero-order valence-corrected chi connectivity index (χ0v) is 18.0. The quantitative estimate of drug-likeness (QED) is 0.0673. The molecule has 0 aliphatic heterocycles. The largest absolute Gasteiger partial charge is 0.481 e. The van der Waals surface area contributed by atoms with Gasteiger partial charge in [-0.1, -0.05) is 0 Å². The smallest absolute Gasteiger partial charge is 0.305 e. The molecule has 15 nitrogen and oxygen atoms in total. The van der Waals surface area contributed by atoms with E-state index in [-0.39, 0.29) is 5.75 Å². The number of aliphatic carboxylic acids is 1. The number of rotatable bonds is 13. The first kappa shape index (κ1) is 29.3. The maximum atomic E-state index is 12.3. The van der Waals surface area contributed by atoms with Gasteiger partial charge in [0.1, 0.15) is 12.1 Å². The Morgan fingerprint density at radius 3 is 2.00 bits per heavy atom. The maximum absolute atomic E-state index is 12.3. The molecule has 0 fully saturated rings. The average Bonchev–Trinajstić information content (AvgIpc) is 2.76. The highest BCUT2D eigenvalue weighted by Crippen LogP contribution is 1.96. The molecule has 0 radical (unpaired) electrons. The van der Waals surface area contributed by atoms with Gasteiger partial charge in [0.2, 0.25) is 29.4 Å². The molecule has 0 rings (SSSR count). The molecule has 33 heavy (non-hydrogen) atoms. The Labute approximate surface area is 192 Å². The summed E-state index contributed by atoms with van der Waals surface area (Å²) in [6.07, 6.45) is -0.886. The Morgan fingerprint density at radius 1 is 0.879 bits per heavy atom. The number of hydrogen-bond acceptors (Lipinski definition) is 10. The number of carbonyl (C=O) groups is 7. The highest BCUT2D eigenvalue weighted by atomic mass is 32.1. The van der Waals surface area contributed by atoms with Crippen molar-refractivity contribution in [1.29, 1.82) is 0 Å². The molecule has 0 aliphatic carbocycles. The van der Waals surface area contributed by atoms with Gasteiger partial charge in [0.25, 0.3) is 5.91 Å². The molecule has 0 heterocycles. The fraction of sp³-hybridized carbons (Fsp3) is 0.471. The SMILES string of the molecule is NC(=O)C#CC(=O)CNC(=O)CNC(=O)[C@H](CC(=O)O)NC(=O)[C@H](CO)NC(=O)[C@@H](N)CS. The van der Waals surface area contributed by atoms with Crippen LogP contribution in [-0.4, -0.2) is 95.1 Å². The van der Waals surface area contributed by atoms with Crippen molar-refractivity contribution in [3.05, 3.63) is 0 Å². The van der Waals surface area contributed by atoms with Crippen molar-refractivity contribution in [2.45, 2.75) is 24.5 Å². The second kappa shape index (κ2) is 15.2. The number of Topliss-reactive ketones (excluding diaryl/α,β-unsaturated/α-hetero) is 1. The van der Waals surface area contributed by atoms with Gasteiger partial charge < -0.3 is 42.9 Å². The Kier molecular flexibility index (Phi) is 13.5. The van der Waals surface area contributed by atoms with Gasteiger partial charge in [0.05, 0.1) is 32.2 Å². The topological polar surface area (TPSA) is 260 Å². The van der Waals surface area contributed by atoms with Crippen LogP contribution < -0.4 is 32.7 Å². The first-order chi connectivity index (χ1) is 15.4. The lowest BCUT2D eigenvalue weighted by atomic mass is 10.1. The summed E-state index contributed by atoms with van der Waals surface area (Å²) in [4.78, 5) is 80.7. The van der Waals surface area contributed by atoms with E-state index < -0.39 is 85.5 Å². The van der Waals surface area contributed by atoms with Crippen molar-refractivity contribution in [2.24, 2.45) is 11.5 Å². The third kappa shape index (κ3) is 12.7. The number of aliphatic hydroxyl groups is 1. The number of aliphatic hydroxyl groups excluding tert-OH is 1. The van der Waals surface area contributed by atoms with E-state index in [2.05, 4.69) is 28.6 Å². The molecule has 3 atom stereocenters. The first-order valence-corrected chi connectivity index (χ1v) is 9.73. The molecule has 0 saturated heterocycles. The fourth-order valence-electron chi connectivity index (χ4n) is 1.92. The van der Waals surface area contributed by atoms with Gasteiger partial charge in [-0.25, -0.2) is 0 Å². The molecule has 0 spiro atoms. The summed E-state index contributed by atoms with van der Waals surface area (Å²) >= 11 is 3.82. The molecule has 5 amide bonds. The molecule has 0 saturated carbocycles. The predicted molar refractivity (Wildman–Crippen MR) is 113 cm³/mol. The molecule has 0 bridgehead atoms. The zero-order chi connectivity index (χ0) is 25.6. The Balaban J connectivity index is 4.92. The third-order valence-electron chi connectivity index (χ3n) is 3.56. The predicted octanol–water partition coefficient (Wildman–Crippen LogP) is -6.03. The van der Waals surface area contributed by atoms with E-state index in [0.29, 0.717) is 0 Å². The number of primary amides is 1. The number of thiol groups is 1. The van der Waals surface area contributed by atoms with Crippen LogP contribution in [0.4, 0.5) is 0 Å². The van der Waals surface area contributed by atoms with Gasteiger partial charge in [-0.15, -0.1) is 0 Å². The number of carbonyl (C=O) groups excluding carboxylic acids is 6. The number of carboxylic acids is 1. The fourth-order valence-corrected chi connectivity index (χ4v) is 2.09. The normalized spacial score (nSPS) is 12.6. The molecule has 182 valence electrons. The summed E-state index contributed by atoms with van der Waals surface area (Å²) in [5.74, 6) is -3.60. The van der Waals surface area contributed by atoms with Crippen molar-refractivity contribution in [1.82, 2.24) is 21.3 Å². The minimum atomic E-state index is -1.67. The van der Waals surface area contributed by atoms with Crippen LogP contribution in [0.1, 0.15) is 6.42 Å². The van der Waals surface area contributed by atoms with Crippen molar-refractivity contribution < 1.29 is 43.8 Å². The molecule has 16 heteroatoms. The number of nitrogens with one attached hydrogen (secondary N) is 4. The summed E-state index contributed by atoms with van der Waals surface area (Å²) in [5.41, 5.74) is 10.2. The van der Waals surface area contributed by atoms with Crippen molar-refractivity contribution in [3.8, 4) is 11.8 Å². The van der Waals surface area contributed by atoms with E-state index in [0.717, 1.165) is 0 Å².